The van der Waals surface area contributed by atoms with E-state index in [4.69, 9.17) is 10.7 Å². The van der Waals surface area contributed by atoms with E-state index in [0.29, 0.717) is 23.8 Å². The molecule has 1 saturated heterocycles. The van der Waals surface area contributed by atoms with Crippen LogP contribution >= 0.6 is 0 Å². The van der Waals surface area contributed by atoms with E-state index in [1.165, 1.54) is 12.8 Å². The molecule has 32 heavy (non-hydrogen) atoms. The molecule has 3 N–H and O–H groups in total. The molecule has 5 rings (SSSR count). The average Bonchev–Trinajstić information content (AvgIpc) is 2.82. The molecule has 1 fully saturated rings. The third kappa shape index (κ3) is 3.89. The average molecular weight is 426 g/mol. The summed E-state index contributed by atoms with van der Waals surface area (Å²) in [6.45, 7) is 1.76. The number of piperidine rings is 1. The number of hydrogen-bond acceptors (Lipinski definition) is 5. The second kappa shape index (κ2) is 8.55. The molecule has 2 aromatic carbocycles. The lowest BCUT2D eigenvalue weighted by Crippen LogP contribution is -2.44. The Balaban J connectivity index is 1.51. The highest BCUT2D eigenvalue weighted by Crippen LogP contribution is 2.32. The Morgan fingerprint density at radius 1 is 1.12 bits per heavy atom. The Kier molecular flexibility index (Phi) is 5.45. The third-order valence-corrected chi connectivity index (χ3v) is 6.44. The van der Waals surface area contributed by atoms with Crippen LogP contribution in [0.1, 0.15) is 29.6 Å². The number of nitrogen functional groups attached to an aromatic ring is 1. The van der Waals surface area contributed by atoms with Gasteiger partial charge in [0.1, 0.15) is 0 Å². The first-order valence-electron chi connectivity index (χ1n) is 11.1. The van der Waals surface area contributed by atoms with Crippen molar-refractivity contribution in [1.82, 2.24) is 20.2 Å². The number of rotatable bonds is 4. The summed E-state index contributed by atoms with van der Waals surface area (Å²) in [6.07, 6.45) is 7.20. The van der Waals surface area contributed by atoms with E-state index in [1.54, 1.807) is 6.20 Å². The van der Waals surface area contributed by atoms with Crippen LogP contribution in [0.4, 0.5) is 5.69 Å². The molecule has 6 heteroatoms. The van der Waals surface area contributed by atoms with Crippen molar-refractivity contribution in [3.63, 3.8) is 0 Å². The summed E-state index contributed by atoms with van der Waals surface area (Å²) in [6, 6.07) is 15.8. The number of likely N-dealkylation sites (tertiary alicyclic amines) is 1. The fraction of sp³-hybridized carbons (Fsp3) is 0.269. The number of aromatic nitrogens is 2. The van der Waals surface area contributed by atoms with Crippen LogP contribution in [0, 0.1) is 0 Å². The summed E-state index contributed by atoms with van der Waals surface area (Å²) in [5, 5.41) is 6.11. The van der Waals surface area contributed by atoms with Crippen molar-refractivity contribution in [3.05, 3.63) is 66.5 Å². The Bertz CT molecular complexity index is 1300. The number of anilines is 1. The summed E-state index contributed by atoms with van der Waals surface area (Å²) in [5.74, 6) is -0.0653. The number of hydrogen-bond donors (Lipinski definition) is 2. The Hall–Kier alpha value is -3.51. The van der Waals surface area contributed by atoms with Crippen LogP contribution in [0.25, 0.3) is 32.9 Å². The lowest BCUT2D eigenvalue weighted by atomic mass is 10.00. The molecule has 1 atom stereocenters. The minimum atomic E-state index is -0.0653. The van der Waals surface area contributed by atoms with E-state index in [2.05, 4.69) is 22.2 Å². The van der Waals surface area contributed by atoms with Gasteiger partial charge in [0.05, 0.1) is 11.2 Å². The fourth-order valence-corrected chi connectivity index (χ4v) is 4.61. The second-order valence-corrected chi connectivity index (χ2v) is 8.58. The lowest BCUT2D eigenvalue weighted by molar-refractivity contribution is 0.0928. The van der Waals surface area contributed by atoms with Crippen molar-refractivity contribution in [2.24, 2.45) is 0 Å². The van der Waals surface area contributed by atoms with Gasteiger partial charge in [0.15, 0.2) is 0 Å². The zero-order chi connectivity index (χ0) is 22.1. The summed E-state index contributed by atoms with van der Waals surface area (Å²) in [4.78, 5) is 24.5. The van der Waals surface area contributed by atoms with Crippen LogP contribution in [0.3, 0.4) is 0 Å². The largest absolute Gasteiger partial charge is 0.399 e. The smallest absolute Gasteiger partial charge is 0.251 e. The first kappa shape index (κ1) is 20.4. The van der Waals surface area contributed by atoms with E-state index >= 15 is 0 Å². The number of nitrogens with one attached hydrogen (secondary N) is 1. The second-order valence-electron chi connectivity index (χ2n) is 8.58. The molecule has 6 nitrogen and oxygen atoms in total. The van der Waals surface area contributed by atoms with Crippen molar-refractivity contribution in [1.29, 1.82) is 0 Å². The lowest BCUT2D eigenvalue weighted by Gasteiger charge is -2.32. The fourth-order valence-electron chi connectivity index (χ4n) is 4.61. The topological polar surface area (TPSA) is 84.1 Å². The van der Waals surface area contributed by atoms with Gasteiger partial charge >= 0.3 is 0 Å². The molecule has 1 unspecified atom stereocenters. The highest BCUT2D eigenvalue weighted by molar-refractivity contribution is 6.12. The van der Waals surface area contributed by atoms with Gasteiger partial charge in [0, 0.05) is 58.0 Å². The molecule has 1 aliphatic rings. The molecule has 3 heterocycles. The highest BCUT2D eigenvalue weighted by atomic mass is 16.1. The van der Waals surface area contributed by atoms with Crippen molar-refractivity contribution >= 4 is 33.3 Å². The highest BCUT2D eigenvalue weighted by Gasteiger charge is 2.20. The minimum absolute atomic E-state index is 0.0653. The first-order chi connectivity index (χ1) is 15.6. The number of pyridine rings is 2. The van der Waals surface area contributed by atoms with Gasteiger partial charge in [-0.15, -0.1) is 0 Å². The van der Waals surface area contributed by atoms with Gasteiger partial charge < -0.3 is 16.0 Å². The Morgan fingerprint density at radius 2 is 2.03 bits per heavy atom. The van der Waals surface area contributed by atoms with Gasteiger partial charge in [0.2, 0.25) is 0 Å². The number of fused-ring (bicyclic) bond motifs is 3. The molecule has 1 aliphatic heterocycles. The zero-order valence-electron chi connectivity index (χ0n) is 18.2. The Labute approximate surface area is 187 Å². The minimum Gasteiger partial charge on any atom is -0.399 e. The van der Waals surface area contributed by atoms with E-state index in [-0.39, 0.29) is 5.91 Å². The molecule has 2 aromatic heterocycles. The maximum atomic E-state index is 12.9. The number of benzene rings is 2. The molecule has 0 saturated carbocycles. The van der Waals surface area contributed by atoms with Crippen LogP contribution < -0.4 is 11.1 Å². The molecular formula is C26H27N5O. The standard InChI is InChI=1S/C26H27N5O/c1-31-12-3-2-7-20(31)15-29-26(32)18-8-9-21-23-16-28-11-10-22(23)25(30-24(21)14-18)17-5-4-6-19(27)13-17/h4-6,8-11,13-14,16,20H,2-3,7,12,15,27H2,1H3,(H,29,32). The van der Waals surface area contributed by atoms with Gasteiger partial charge in [-0.05, 0) is 56.8 Å². The van der Waals surface area contributed by atoms with E-state index in [9.17, 15) is 4.79 Å². The molecule has 0 aliphatic carbocycles. The maximum absolute atomic E-state index is 12.9. The maximum Gasteiger partial charge on any atom is 0.251 e. The van der Waals surface area contributed by atoms with Gasteiger partial charge in [-0.1, -0.05) is 24.6 Å². The number of nitrogens with zero attached hydrogens (tertiary/aromatic N) is 3. The van der Waals surface area contributed by atoms with Gasteiger partial charge in [-0.2, -0.15) is 0 Å². The van der Waals surface area contributed by atoms with Crippen LogP contribution in [0.15, 0.2) is 60.9 Å². The van der Waals surface area contributed by atoms with E-state index < -0.39 is 0 Å². The number of carbonyl (C=O) groups is 1. The molecular weight excluding hydrogens is 398 g/mol. The molecule has 4 aromatic rings. The van der Waals surface area contributed by atoms with Gasteiger partial charge in [0.25, 0.3) is 5.91 Å². The quantitative estimate of drug-likeness (QED) is 0.377. The Morgan fingerprint density at radius 3 is 2.88 bits per heavy atom. The first-order valence-corrected chi connectivity index (χ1v) is 11.1. The summed E-state index contributed by atoms with van der Waals surface area (Å²) in [7, 11) is 2.13. The van der Waals surface area contributed by atoms with Crippen LogP contribution in [-0.4, -0.2) is 47.0 Å². The summed E-state index contributed by atoms with van der Waals surface area (Å²) in [5.41, 5.74) is 9.88. The van der Waals surface area contributed by atoms with E-state index in [1.807, 2.05) is 54.7 Å². The van der Waals surface area contributed by atoms with Crippen molar-refractivity contribution in [3.8, 4) is 11.3 Å². The molecule has 0 spiro atoms. The van der Waals surface area contributed by atoms with Crippen molar-refractivity contribution < 1.29 is 4.79 Å². The van der Waals surface area contributed by atoms with Crippen LogP contribution in [0.2, 0.25) is 0 Å². The molecule has 0 bridgehead atoms. The third-order valence-electron chi connectivity index (χ3n) is 6.44. The monoisotopic (exact) mass is 425 g/mol. The molecule has 1 amide bonds. The SMILES string of the molecule is CN1CCCCC1CNC(=O)c1ccc2c(c1)nc(-c1cccc(N)c1)c1ccncc12. The number of nitrogens with two attached hydrogens (primary N) is 1. The van der Waals surface area contributed by atoms with E-state index in [0.717, 1.165) is 45.9 Å². The van der Waals surface area contributed by atoms with Gasteiger partial charge in [-0.25, -0.2) is 4.98 Å². The van der Waals surface area contributed by atoms with Crippen LogP contribution in [-0.2, 0) is 0 Å². The predicted octanol–water partition coefficient (Wildman–Crippen LogP) is 4.25. The van der Waals surface area contributed by atoms with Gasteiger partial charge in [-0.3, -0.25) is 9.78 Å². The number of carbonyl (C=O) groups excluding carboxylic acids is 1. The zero-order valence-corrected chi connectivity index (χ0v) is 18.2. The summed E-state index contributed by atoms with van der Waals surface area (Å²) >= 11 is 0. The predicted molar refractivity (Wildman–Crippen MR) is 129 cm³/mol. The molecule has 0 radical (unpaired) electrons. The summed E-state index contributed by atoms with van der Waals surface area (Å²) < 4.78 is 0. The number of likely N-dealkylation sites (N-methyl/N-ethyl adjacent to an activating group) is 1. The number of amides is 1. The normalized spacial score (nSPS) is 17.0. The van der Waals surface area contributed by atoms with Crippen molar-refractivity contribution in [2.75, 3.05) is 25.9 Å². The van der Waals surface area contributed by atoms with Crippen LogP contribution in [0.5, 0.6) is 0 Å². The van der Waals surface area contributed by atoms with Crippen molar-refractivity contribution in [2.45, 2.75) is 25.3 Å². The molecule has 162 valence electrons.